The molecule has 1 aromatic carbocycles. The van der Waals surface area contributed by atoms with E-state index in [1.807, 2.05) is 18.7 Å². The van der Waals surface area contributed by atoms with Gasteiger partial charge in [-0.25, -0.2) is 8.42 Å². The Morgan fingerprint density at radius 2 is 1.57 bits per heavy atom. The molecular formula is C20H29N3O4S. The van der Waals surface area contributed by atoms with Crippen LogP contribution in [0.15, 0.2) is 35.2 Å². The molecule has 0 aliphatic carbocycles. The van der Waals surface area contributed by atoms with E-state index >= 15 is 0 Å². The third-order valence-corrected chi connectivity index (χ3v) is 7.39. The minimum atomic E-state index is -3.58. The highest BCUT2D eigenvalue weighted by Gasteiger charge is 2.36. The van der Waals surface area contributed by atoms with Crippen LogP contribution in [-0.2, 0) is 19.6 Å². The summed E-state index contributed by atoms with van der Waals surface area (Å²) < 4.78 is 27.2. The third-order valence-electron chi connectivity index (χ3n) is 5.51. The first kappa shape index (κ1) is 20.8. The summed E-state index contributed by atoms with van der Waals surface area (Å²) in [5.74, 6) is -0.244. The van der Waals surface area contributed by atoms with Gasteiger partial charge in [0, 0.05) is 45.2 Å². The number of piperidine rings is 1. The SMILES string of the molecule is CC(C)C(=O)N1CCN(C(=O)C2CCCN(S(=O)(=O)c3ccccc3)C2)CC1. The molecule has 0 radical (unpaired) electrons. The van der Waals surface area contributed by atoms with Gasteiger partial charge in [-0.2, -0.15) is 4.31 Å². The summed E-state index contributed by atoms with van der Waals surface area (Å²) in [5, 5.41) is 0. The highest BCUT2D eigenvalue weighted by molar-refractivity contribution is 7.89. The fourth-order valence-electron chi connectivity index (χ4n) is 3.87. The highest BCUT2D eigenvalue weighted by Crippen LogP contribution is 2.25. The van der Waals surface area contributed by atoms with Crippen molar-refractivity contribution in [3.8, 4) is 0 Å². The molecule has 1 unspecified atom stereocenters. The van der Waals surface area contributed by atoms with E-state index in [1.54, 1.807) is 35.2 Å². The molecule has 0 spiro atoms. The van der Waals surface area contributed by atoms with Gasteiger partial charge < -0.3 is 9.80 Å². The molecule has 2 fully saturated rings. The van der Waals surface area contributed by atoms with Crippen molar-refractivity contribution < 1.29 is 18.0 Å². The maximum atomic E-state index is 13.0. The minimum Gasteiger partial charge on any atom is -0.339 e. The van der Waals surface area contributed by atoms with Crippen molar-refractivity contribution in [2.24, 2.45) is 11.8 Å². The summed E-state index contributed by atoms with van der Waals surface area (Å²) in [6, 6.07) is 8.37. The number of sulfonamides is 1. The van der Waals surface area contributed by atoms with Crippen molar-refractivity contribution >= 4 is 21.8 Å². The summed E-state index contributed by atoms with van der Waals surface area (Å²) in [7, 11) is -3.58. The normalized spacial score (nSPS) is 21.8. The van der Waals surface area contributed by atoms with Crippen LogP contribution in [0.5, 0.6) is 0 Å². The smallest absolute Gasteiger partial charge is 0.243 e. The van der Waals surface area contributed by atoms with E-state index in [0.717, 1.165) is 0 Å². The van der Waals surface area contributed by atoms with E-state index in [-0.39, 0.29) is 35.1 Å². The van der Waals surface area contributed by atoms with Gasteiger partial charge in [0.05, 0.1) is 10.8 Å². The quantitative estimate of drug-likeness (QED) is 0.756. The van der Waals surface area contributed by atoms with Gasteiger partial charge in [-0.05, 0) is 25.0 Å². The predicted molar refractivity (Wildman–Crippen MR) is 106 cm³/mol. The Morgan fingerprint density at radius 3 is 2.18 bits per heavy atom. The average molecular weight is 408 g/mol. The van der Waals surface area contributed by atoms with Gasteiger partial charge in [0.15, 0.2) is 0 Å². The zero-order chi connectivity index (χ0) is 20.3. The molecule has 2 amide bonds. The van der Waals surface area contributed by atoms with Crippen molar-refractivity contribution in [1.82, 2.24) is 14.1 Å². The molecule has 8 heteroatoms. The monoisotopic (exact) mass is 407 g/mol. The van der Waals surface area contributed by atoms with Crippen LogP contribution in [0.1, 0.15) is 26.7 Å². The fourth-order valence-corrected chi connectivity index (χ4v) is 5.42. The molecule has 1 atom stereocenters. The van der Waals surface area contributed by atoms with E-state index in [2.05, 4.69) is 0 Å². The van der Waals surface area contributed by atoms with E-state index in [4.69, 9.17) is 0 Å². The average Bonchev–Trinajstić information content (AvgIpc) is 2.73. The molecular weight excluding hydrogens is 378 g/mol. The maximum absolute atomic E-state index is 13.0. The Balaban J connectivity index is 1.62. The van der Waals surface area contributed by atoms with Crippen molar-refractivity contribution in [3.05, 3.63) is 30.3 Å². The molecule has 0 aromatic heterocycles. The number of carbonyl (C=O) groups excluding carboxylic acids is 2. The Labute approximate surface area is 167 Å². The van der Waals surface area contributed by atoms with Gasteiger partial charge in [0.2, 0.25) is 21.8 Å². The molecule has 0 N–H and O–H groups in total. The lowest BCUT2D eigenvalue weighted by atomic mass is 9.97. The molecule has 2 aliphatic rings. The van der Waals surface area contributed by atoms with E-state index in [0.29, 0.717) is 45.6 Å². The first-order valence-corrected chi connectivity index (χ1v) is 11.4. The number of carbonyl (C=O) groups is 2. The van der Waals surface area contributed by atoms with Crippen molar-refractivity contribution in [3.63, 3.8) is 0 Å². The van der Waals surface area contributed by atoms with Crippen molar-refractivity contribution in [2.75, 3.05) is 39.3 Å². The lowest BCUT2D eigenvalue weighted by Gasteiger charge is -2.39. The molecule has 7 nitrogen and oxygen atoms in total. The molecule has 2 heterocycles. The number of piperazine rings is 1. The van der Waals surface area contributed by atoms with Gasteiger partial charge in [-0.3, -0.25) is 9.59 Å². The van der Waals surface area contributed by atoms with Crippen molar-refractivity contribution in [2.45, 2.75) is 31.6 Å². The summed E-state index contributed by atoms with van der Waals surface area (Å²) in [6.45, 7) is 6.54. The first-order chi connectivity index (χ1) is 13.3. The Morgan fingerprint density at radius 1 is 0.964 bits per heavy atom. The van der Waals surface area contributed by atoms with Crippen LogP contribution < -0.4 is 0 Å². The lowest BCUT2D eigenvalue weighted by molar-refractivity contribution is -0.144. The van der Waals surface area contributed by atoms with Crippen molar-refractivity contribution in [1.29, 1.82) is 0 Å². The summed E-state index contributed by atoms with van der Waals surface area (Å²) in [4.78, 5) is 28.9. The number of hydrogen-bond donors (Lipinski definition) is 0. The second-order valence-corrected chi connectivity index (χ2v) is 9.76. The Hall–Kier alpha value is -1.93. The molecule has 3 rings (SSSR count). The van der Waals surface area contributed by atoms with Crippen LogP contribution >= 0.6 is 0 Å². The van der Waals surface area contributed by atoms with E-state index in [9.17, 15) is 18.0 Å². The first-order valence-electron chi connectivity index (χ1n) is 9.93. The number of rotatable bonds is 4. The standard InChI is InChI=1S/C20H29N3O4S/c1-16(2)19(24)21-11-13-22(14-12-21)20(25)17-7-6-10-23(15-17)28(26,27)18-8-4-3-5-9-18/h3-5,8-9,16-17H,6-7,10-15H2,1-2H3. The van der Waals surface area contributed by atoms with Gasteiger partial charge in [-0.1, -0.05) is 32.0 Å². The largest absolute Gasteiger partial charge is 0.339 e. The predicted octanol–water partition coefficient (Wildman–Crippen LogP) is 1.41. The summed E-state index contributed by atoms with van der Waals surface area (Å²) in [6.07, 6.45) is 1.37. The molecule has 2 saturated heterocycles. The highest BCUT2D eigenvalue weighted by atomic mass is 32.2. The molecule has 0 bridgehead atoms. The van der Waals surface area contributed by atoms with Crippen LogP contribution in [0, 0.1) is 11.8 Å². The second-order valence-electron chi connectivity index (χ2n) is 7.82. The van der Waals surface area contributed by atoms with Crippen LogP contribution in [0.2, 0.25) is 0 Å². The zero-order valence-electron chi connectivity index (χ0n) is 16.6. The van der Waals surface area contributed by atoms with Gasteiger partial charge in [0.25, 0.3) is 0 Å². The molecule has 0 saturated carbocycles. The van der Waals surface area contributed by atoms with Gasteiger partial charge in [0.1, 0.15) is 0 Å². The number of nitrogens with zero attached hydrogens (tertiary/aromatic N) is 3. The van der Waals surface area contributed by atoms with E-state index in [1.165, 1.54) is 4.31 Å². The second kappa shape index (κ2) is 8.61. The maximum Gasteiger partial charge on any atom is 0.243 e. The van der Waals surface area contributed by atoms with Gasteiger partial charge in [-0.15, -0.1) is 0 Å². The summed E-state index contributed by atoms with van der Waals surface area (Å²) in [5.41, 5.74) is 0. The summed E-state index contributed by atoms with van der Waals surface area (Å²) >= 11 is 0. The topological polar surface area (TPSA) is 78.0 Å². The zero-order valence-corrected chi connectivity index (χ0v) is 17.4. The van der Waals surface area contributed by atoms with Crippen LogP contribution in [0.3, 0.4) is 0 Å². The Kier molecular flexibility index (Phi) is 6.40. The Bertz CT molecular complexity index is 802. The molecule has 28 heavy (non-hydrogen) atoms. The third kappa shape index (κ3) is 4.38. The van der Waals surface area contributed by atoms with Crippen LogP contribution in [-0.4, -0.2) is 73.6 Å². The fraction of sp³-hybridized carbons (Fsp3) is 0.600. The number of amides is 2. The lowest BCUT2D eigenvalue weighted by Crippen LogP contribution is -2.54. The minimum absolute atomic E-state index is 0.00427. The number of benzene rings is 1. The molecule has 2 aliphatic heterocycles. The van der Waals surface area contributed by atoms with Crippen LogP contribution in [0.4, 0.5) is 0 Å². The van der Waals surface area contributed by atoms with Gasteiger partial charge >= 0.3 is 0 Å². The molecule has 154 valence electrons. The van der Waals surface area contributed by atoms with Crippen LogP contribution in [0.25, 0.3) is 0 Å². The molecule has 1 aromatic rings. The number of hydrogen-bond acceptors (Lipinski definition) is 4. The van der Waals surface area contributed by atoms with E-state index < -0.39 is 10.0 Å².